The van der Waals surface area contributed by atoms with E-state index in [-0.39, 0.29) is 11.1 Å². The minimum absolute atomic E-state index is 0.256. The summed E-state index contributed by atoms with van der Waals surface area (Å²) in [5, 5.41) is 20.3. The summed E-state index contributed by atoms with van der Waals surface area (Å²) < 4.78 is 12.0. The zero-order chi connectivity index (χ0) is 16.5. The Balaban J connectivity index is 2.31. The molecule has 0 amide bonds. The lowest BCUT2D eigenvalue weighted by Crippen LogP contribution is -1.85. The molecule has 4 nitrogen and oxygen atoms in total. The topological polar surface area (TPSA) is 73.9 Å². The van der Waals surface area contributed by atoms with Gasteiger partial charge in [0.15, 0.2) is 11.2 Å². The molecule has 1 heterocycles. The summed E-state index contributed by atoms with van der Waals surface area (Å²) in [7, 11) is 0. The molecular weight excluding hydrogens is 300 g/mol. The number of nitriles is 2. The van der Waals surface area contributed by atoms with E-state index in [9.17, 15) is 10.5 Å². The Morgan fingerprint density at radius 1 is 0.583 bits per heavy atom. The van der Waals surface area contributed by atoms with Crippen LogP contribution in [-0.4, -0.2) is 0 Å². The van der Waals surface area contributed by atoms with E-state index >= 15 is 0 Å². The van der Waals surface area contributed by atoms with Gasteiger partial charge in [-0.05, 0) is 12.1 Å². The molecule has 0 N–H and O–H groups in total. The fraction of sp³-hybridized carbons (Fsp3) is 0. The van der Waals surface area contributed by atoms with Crippen molar-refractivity contribution in [3.63, 3.8) is 0 Å². The first-order valence-corrected chi connectivity index (χ1v) is 7.32. The highest BCUT2D eigenvalue weighted by Crippen LogP contribution is 2.28. The van der Waals surface area contributed by atoms with Crippen LogP contribution >= 0.6 is 0 Å². The maximum atomic E-state index is 9.23. The Kier molecular flexibility index (Phi) is 3.16. The number of hydrogen-bond acceptors (Lipinski definition) is 4. The van der Waals surface area contributed by atoms with Gasteiger partial charge in [0.2, 0.25) is 0 Å². The Morgan fingerprint density at radius 2 is 1.00 bits per heavy atom. The molecule has 0 saturated carbocycles. The average Bonchev–Trinajstić information content (AvgIpc) is 2.62. The van der Waals surface area contributed by atoms with Crippen molar-refractivity contribution < 1.29 is 8.83 Å². The highest BCUT2D eigenvalue weighted by molar-refractivity contribution is 6.02. The predicted molar refractivity (Wildman–Crippen MR) is 90.6 cm³/mol. The van der Waals surface area contributed by atoms with Gasteiger partial charge in [0.05, 0.1) is 11.1 Å². The first-order chi connectivity index (χ1) is 11.8. The standard InChI is InChI=1S/C20H10N2O2/c21-11-13-9-19-20(10-14(13)12-22)24-18-8-4-2-6-16(18)15-5-1-3-7-17(15)23-19/h1-10H. The van der Waals surface area contributed by atoms with E-state index in [1.165, 1.54) is 0 Å². The third-order valence-corrected chi connectivity index (χ3v) is 3.83. The maximum Gasteiger partial charge on any atom is 0.171 e. The number of benzene rings is 3. The second kappa shape index (κ2) is 5.46. The number of nitrogens with zero attached hydrogens (tertiary/aromatic N) is 2. The van der Waals surface area contributed by atoms with Gasteiger partial charge in [-0.25, -0.2) is 0 Å². The fourth-order valence-corrected chi connectivity index (χ4v) is 2.70. The molecule has 112 valence electrons. The number of para-hydroxylation sites is 2. The Morgan fingerprint density at radius 3 is 1.42 bits per heavy atom. The van der Waals surface area contributed by atoms with Crippen LogP contribution in [0, 0.1) is 22.7 Å². The quantitative estimate of drug-likeness (QED) is 0.447. The number of fused-ring (bicyclic) bond motifs is 4. The van der Waals surface area contributed by atoms with Crippen LogP contribution in [0.2, 0.25) is 0 Å². The second-order valence-corrected chi connectivity index (χ2v) is 5.26. The highest BCUT2D eigenvalue weighted by Gasteiger charge is 2.09. The van der Waals surface area contributed by atoms with E-state index in [1.807, 2.05) is 60.7 Å². The van der Waals surface area contributed by atoms with Crippen LogP contribution in [0.25, 0.3) is 33.1 Å². The Hall–Kier alpha value is -3.76. The van der Waals surface area contributed by atoms with Gasteiger partial charge in [0, 0.05) is 22.9 Å². The van der Waals surface area contributed by atoms with Crippen molar-refractivity contribution in [3.8, 4) is 12.1 Å². The van der Waals surface area contributed by atoms with Crippen molar-refractivity contribution in [2.75, 3.05) is 0 Å². The summed E-state index contributed by atoms with van der Waals surface area (Å²) in [6.07, 6.45) is 0. The Labute approximate surface area is 137 Å². The summed E-state index contributed by atoms with van der Waals surface area (Å²) in [6.45, 7) is 0. The van der Waals surface area contributed by atoms with Gasteiger partial charge in [0.1, 0.15) is 23.3 Å². The summed E-state index contributed by atoms with van der Waals surface area (Å²) >= 11 is 0. The average molecular weight is 310 g/mol. The smallest absolute Gasteiger partial charge is 0.171 e. The molecule has 0 saturated heterocycles. The van der Waals surface area contributed by atoms with E-state index in [1.54, 1.807) is 12.1 Å². The van der Waals surface area contributed by atoms with E-state index in [4.69, 9.17) is 8.83 Å². The van der Waals surface area contributed by atoms with Crippen molar-refractivity contribution in [1.29, 1.82) is 10.5 Å². The molecule has 0 atom stereocenters. The molecule has 0 bridgehead atoms. The fourth-order valence-electron chi connectivity index (χ4n) is 2.70. The molecule has 1 aromatic heterocycles. The minimum atomic E-state index is 0.256. The van der Waals surface area contributed by atoms with Crippen LogP contribution < -0.4 is 0 Å². The van der Waals surface area contributed by atoms with Crippen molar-refractivity contribution in [2.24, 2.45) is 0 Å². The van der Waals surface area contributed by atoms with Gasteiger partial charge in [-0.1, -0.05) is 36.4 Å². The lowest BCUT2D eigenvalue weighted by molar-refractivity contribution is 0.618. The molecule has 4 aromatic rings. The third-order valence-electron chi connectivity index (χ3n) is 3.83. The summed E-state index contributed by atoms with van der Waals surface area (Å²) in [6, 6.07) is 22.4. The van der Waals surface area contributed by atoms with Crippen molar-refractivity contribution in [1.82, 2.24) is 0 Å². The number of rotatable bonds is 0. The molecular formula is C20H10N2O2. The molecule has 24 heavy (non-hydrogen) atoms. The third kappa shape index (κ3) is 2.15. The van der Waals surface area contributed by atoms with Gasteiger partial charge in [0.25, 0.3) is 0 Å². The van der Waals surface area contributed by atoms with Crippen LogP contribution in [0.15, 0.2) is 69.5 Å². The monoisotopic (exact) mass is 310 g/mol. The Bertz CT molecular complexity index is 1130. The molecule has 0 aliphatic rings. The largest absolute Gasteiger partial charge is 0.453 e. The van der Waals surface area contributed by atoms with E-state index in [0.29, 0.717) is 22.3 Å². The van der Waals surface area contributed by atoms with E-state index in [2.05, 4.69) is 0 Å². The van der Waals surface area contributed by atoms with Crippen LogP contribution in [0.4, 0.5) is 0 Å². The van der Waals surface area contributed by atoms with Crippen LogP contribution in [0.1, 0.15) is 11.1 Å². The molecule has 0 spiro atoms. The van der Waals surface area contributed by atoms with Crippen molar-refractivity contribution in [2.45, 2.75) is 0 Å². The molecule has 3 aromatic carbocycles. The van der Waals surface area contributed by atoms with Crippen LogP contribution in [-0.2, 0) is 0 Å². The van der Waals surface area contributed by atoms with Gasteiger partial charge in [-0.3, -0.25) is 0 Å². The summed E-state index contributed by atoms with van der Waals surface area (Å²) in [5.41, 5.74) is 2.67. The summed E-state index contributed by atoms with van der Waals surface area (Å²) in [5.74, 6) is 0. The van der Waals surface area contributed by atoms with Crippen LogP contribution in [0.5, 0.6) is 0 Å². The molecule has 0 fully saturated rings. The second-order valence-electron chi connectivity index (χ2n) is 5.26. The van der Waals surface area contributed by atoms with Gasteiger partial charge in [-0.15, -0.1) is 0 Å². The predicted octanol–water partition coefficient (Wildman–Crippen LogP) is 5.20. The lowest BCUT2D eigenvalue weighted by atomic mass is 10.1. The maximum absolute atomic E-state index is 9.23. The van der Waals surface area contributed by atoms with Crippen LogP contribution in [0.3, 0.4) is 0 Å². The molecule has 0 radical (unpaired) electrons. The molecule has 0 unspecified atom stereocenters. The minimum Gasteiger partial charge on any atom is -0.453 e. The van der Waals surface area contributed by atoms with Gasteiger partial charge < -0.3 is 8.83 Å². The molecule has 0 aliphatic carbocycles. The van der Waals surface area contributed by atoms with Gasteiger partial charge in [-0.2, -0.15) is 10.5 Å². The van der Waals surface area contributed by atoms with Crippen molar-refractivity contribution >= 4 is 33.1 Å². The van der Waals surface area contributed by atoms with E-state index < -0.39 is 0 Å². The first-order valence-electron chi connectivity index (χ1n) is 7.32. The van der Waals surface area contributed by atoms with E-state index in [0.717, 1.165) is 10.8 Å². The molecule has 0 aliphatic heterocycles. The zero-order valence-corrected chi connectivity index (χ0v) is 12.5. The highest BCUT2D eigenvalue weighted by atomic mass is 16.4. The van der Waals surface area contributed by atoms with Gasteiger partial charge >= 0.3 is 0 Å². The molecule has 4 heteroatoms. The SMILES string of the molecule is N#Cc1cc2oc3ccccc3c3ccccc3oc2cc1C#N. The summed E-state index contributed by atoms with van der Waals surface area (Å²) in [4.78, 5) is 0. The normalized spacial score (nSPS) is 10.4. The number of hydrogen-bond donors (Lipinski definition) is 0. The first kappa shape index (κ1) is 13.9. The lowest BCUT2D eigenvalue weighted by Gasteiger charge is -2.04. The van der Waals surface area contributed by atoms with Crippen molar-refractivity contribution in [3.05, 3.63) is 71.8 Å². The molecule has 4 rings (SSSR count). The zero-order valence-electron chi connectivity index (χ0n) is 12.5.